The average molecular weight is 507 g/mol. The van der Waals surface area contributed by atoms with Gasteiger partial charge in [0.1, 0.15) is 28.5 Å². The van der Waals surface area contributed by atoms with Crippen LogP contribution in [-0.2, 0) is 4.74 Å². The molecule has 1 aliphatic rings. The lowest BCUT2D eigenvalue weighted by Gasteiger charge is -2.24. The summed E-state index contributed by atoms with van der Waals surface area (Å²) in [5.41, 5.74) is 8.01. The van der Waals surface area contributed by atoms with Crippen LogP contribution in [0.1, 0.15) is 31.8 Å². The fraction of sp³-hybridized carbons (Fsp3) is 0.125. The SMILES string of the molecule is COC(=O)c1cccc2c1SCC(Sc1nc(N)c(C#N)c(-c3ccc(Cl)cc3)c1C#N)C2=O. The van der Waals surface area contributed by atoms with E-state index in [-0.39, 0.29) is 27.8 Å². The second-order valence-electron chi connectivity index (χ2n) is 7.11. The normalized spacial score (nSPS) is 14.6. The highest BCUT2D eigenvalue weighted by molar-refractivity contribution is 8.04. The zero-order chi connectivity index (χ0) is 24.4. The predicted molar refractivity (Wildman–Crippen MR) is 131 cm³/mol. The number of nitriles is 2. The van der Waals surface area contributed by atoms with Crippen LogP contribution >= 0.6 is 35.1 Å². The first-order chi connectivity index (χ1) is 16.4. The number of hydrogen-bond acceptors (Lipinski definition) is 9. The number of benzene rings is 2. The number of nitrogen functional groups attached to an aromatic ring is 1. The molecule has 0 fully saturated rings. The number of hydrogen-bond donors (Lipinski definition) is 1. The summed E-state index contributed by atoms with van der Waals surface area (Å²) in [5.74, 6) is -0.374. The molecule has 2 aromatic carbocycles. The van der Waals surface area contributed by atoms with Crippen molar-refractivity contribution in [3.8, 4) is 23.3 Å². The number of nitrogens with two attached hydrogens (primary N) is 1. The minimum atomic E-state index is -0.574. The quantitative estimate of drug-likeness (QED) is 0.487. The molecule has 2 N–H and O–H groups in total. The van der Waals surface area contributed by atoms with Crippen molar-refractivity contribution in [2.75, 3.05) is 18.6 Å². The van der Waals surface area contributed by atoms with Gasteiger partial charge in [-0.3, -0.25) is 4.79 Å². The third-order valence-electron chi connectivity index (χ3n) is 5.16. The number of anilines is 1. The number of aromatic nitrogens is 1. The number of methoxy groups -OCH3 is 1. The molecule has 0 spiro atoms. The van der Waals surface area contributed by atoms with Crippen molar-refractivity contribution in [3.63, 3.8) is 0 Å². The van der Waals surface area contributed by atoms with E-state index in [0.717, 1.165) is 11.8 Å². The number of ketones is 1. The molecule has 3 aromatic rings. The van der Waals surface area contributed by atoms with Gasteiger partial charge in [-0.15, -0.1) is 11.8 Å². The molecule has 0 radical (unpaired) electrons. The average Bonchev–Trinajstić information content (AvgIpc) is 2.85. The number of halogens is 1. The van der Waals surface area contributed by atoms with Gasteiger partial charge in [0, 0.05) is 26.8 Å². The highest BCUT2D eigenvalue weighted by Gasteiger charge is 2.33. The maximum absolute atomic E-state index is 13.3. The van der Waals surface area contributed by atoms with E-state index in [1.165, 1.54) is 18.9 Å². The number of carbonyl (C=O) groups is 2. The van der Waals surface area contributed by atoms with Gasteiger partial charge in [0.05, 0.1) is 23.5 Å². The third-order valence-corrected chi connectivity index (χ3v) is 8.04. The maximum atomic E-state index is 13.3. The molecule has 1 aromatic heterocycles. The number of Topliss-reactive ketones (excluding diaryl/α,β-unsaturated/α-hetero) is 1. The molecule has 1 atom stereocenters. The summed E-state index contributed by atoms with van der Waals surface area (Å²) < 4.78 is 4.82. The Bertz CT molecular complexity index is 1410. The Morgan fingerprint density at radius 1 is 1.21 bits per heavy atom. The first-order valence-corrected chi connectivity index (χ1v) is 12.1. The Morgan fingerprint density at radius 3 is 2.56 bits per heavy atom. The largest absolute Gasteiger partial charge is 0.465 e. The van der Waals surface area contributed by atoms with E-state index in [2.05, 4.69) is 11.1 Å². The van der Waals surface area contributed by atoms with E-state index in [0.29, 0.717) is 37.9 Å². The van der Waals surface area contributed by atoms with Gasteiger partial charge in [-0.25, -0.2) is 9.78 Å². The Morgan fingerprint density at radius 2 is 1.91 bits per heavy atom. The van der Waals surface area contributed by atoms with Crippen LogP contribution in [0.4, 0.5) is 5.82 Å². The van der Waals surface area contributed by atoms with Gasteiger partial charge in [-0.05, 0) is 23.8 Å². The molecule has 0 saturated carbocycles. The van der Waals surface area contributed by atoms with E-state index in [4.69, 9.17) is 22.1 Å². The molecule has 10 heteroatoms. The topological polar surface area (TPSA) is 130 Å². The van der Waals surface area contributed by atoms with Crippen molar-refractivity contribution in [2.24, 2.45) is 0 Å². The fourth-order valence-corrected chi connectivity index (χ4v) is 6.20. The molecule has 168 valence electrons. The van der Waals surface area contributed by atoms with Gasteiger partial charge in [0.2, 0.25) is 0 Å². The lowest BCUT2D eigenvalue weighted by Crippen LogP contribution is -2.26. The predicted octanol–water partition coefficient (Wildman–Crippen LogP) is 4.96. The molecule has 4 rings (SSSR count). The molecule has 0 amide bonds. The molecular formula is C24H15ClN4O3S2. The molecule has 0 aliphatic carbocycles. The minimum Gasteiger partial charge on any atom is -0.465 e. The van der Waals surface area contributed by atoms with Gasteiger partial charge in [0.15, 0.2) is 5.78 Å². The molecule has 0 saturated heterocycles. The van der Waals surface area contributed by atoms with Gasteiger partial charge in [-0.2, -0.15) is 10.5 Å². The van der Waals surface area contributed by atoms with E-state index >= 15 is 0 Å². The summed E-state index contributed by atoms with van der Waals surface area (Å²) in [6.07, 6.45) is 0. The van der Waals surface area contributed by atoms with Crippen molar-refractivity contribution in [3.05, 3.63) is 69.7 Å². The van der Waals surface area contributed by atoms with Crippen molar-refractivity contribution >= 4 is 52.7 Å². The number of ether oxygens (including phenoxy) is 1. The van der Waals surface area contributed by atoms with Crippen molar-refractivity contribution in [1.82, 2.24) is 4.98 Å². The summed E-state index contributed by atoms with van der Waals surface area (Å²) in [6.45, 7) is 0. The molecule has 0 bridgehead atoms. The molecule has 2 heterocycles. The number of carbonyl (C=O) groups excluding carboxylic acids is 2. The number of thioether (sulfide) groups is 2. The van der Waals surface area contributed by atoms with Crippen LogP contribution in [0.3, 0.4) is 0 Å². The number of fused-ring (bicyclic) bond motifs is 1. The van der Waals surface area contributed by atoms with Gasteiger partial charge in [-0.1, -0.05) is 47.6 Å². The van der Waals surface area contributed by atoms with Crippen LogP contribution in [0.25, 0.3) is 11.1 Å². The highest BCUT2D eigenvalue weighted by Crippen LogP contribution is 2.42. The van der Waals surface area contributed by atoms with E-state index in [1.54, 1.807) is 42.5 Å². The smallest absolute Gasteiger partial charge is 0.339 e. The van der Waals surface area contributed by atoms with Crippen LogP contribution in [0.15, 0.2) is 52.4 Å². The molecular weight excluding hydrogens is 492 g/mol. The molecule has 1 unspecified atom stereocenters. The van der Waals surface area contributed by atoms with Crippen LogP contribution in [-0.4, -0.2) is 34.8 Å². The van der Waals surface area contributed by atoms with E-state index in [1.807, 2.05) is 6.07 Å². The number of nitrogens with zero attached hydrogens (tertiary/aromatic N) is 3. The summed E-state index contributed by atoms with van der Waals surface area (Å²) in [6, 6.07) is 15.8. The summed E-state index contributed by atoms with van der Waals surface area (Å²) in [4.78, 5) is 30.3. The third kappa shape index (κ3) is 4.22. The summed E-state index contributed by atoms with van der Waals surface area (Å²) in [7, 11) is 1.29. The molecule has 7 nitrogen and oxygen atoms in total. The highest BCUT2D eigenvalue weighted by atomic mass is 35.5. The van der Waals surface area contributed by atoms with Crippen LogP contribution in [0, 0.1) is 22.7 Å². The molecule has 34 heavy (non-hydrogen) atoms. The van der Waals surface area contributed by atoms with Crippen molar-refractivity contribution in [2.45, 2.75) is 15.2 Å². The lowest BCUT2D eigenvalue weighted by atomic mass is 9.97. The van der Waals surface area contributed by atoms with Gasteiger partial charge >= 0.3 is 5.97 Å². The van der Waals surface area contributed by atoms with Crippen molar-refractivity contribution in [1.29, 1.82) is 10.5 Å². The van der Waals surface area contributed by atoms with Crippen LogP contribution in [0.5, 0.6) is 0 Å². The first-order valence-electron chi connectivity index (χ1n) is 9.84. The fourth-order valence-electron chi connectivity index (χ4n) is 3.58. The number of rotatable bonds is 4. The van der Waals surface area contributed by atoms with E-state index < -0.39 is 11.2 Å². The number of esters is 1. The summed E-state index contributed by atoms with van der Waals surface area (Å²) >= 11 is 8.48. The van der Waals surface area contributed by atoms with Crippen molar-refractivity contribution < 1.29 is 14.3 Å². The summed E-state index contributed by atoms with van der Waals surface area (Å²) in [5, 5.41) is 19.9. The Labute approximate surface area is 208 Å². The Hall–Kier alpha value is -3.50. The zero-order valence-corrected chi connectivity index (χ0v) is 20.1. The number of pyridine rings is 1. The Balaban J connectivity index is 1.77. The standard InChI is InChI=1S/C24H15ClN4O3S2/c1-32-24(31)15-4-2-3-14-20(30)18(11-33-21(14)15)34-23-17(10-27)19(16(9-26)22(28)29-23)12-5-7-13(25)8-6-12/h2-8,18H,11H2,1H3,(H2,28,29). The minimum absolute atomic E-state index is 0.0294. The van der Waals surface area contributed by atoms with E-state index in [9.17, 15) is 20.1 Å². The maximum Gasteiger partial charge on any atom is 0.339 e. The Kier molecular flexibility index (Phi) is 6.80. The monoisotopic (exact) mass is 506 g/mol. The second kappa shape index (κ2) is 9.78. The molecule has 1 aliphatic heterocycles. The second-order valence-corrected chi connectivity index (χ2v) is 9.77. The zero-order valence-electron chi connectivity index (χ0n) is 17.7. The van der Waals surface area contributed by atoms with Gasteiger partial charge < -0.3 is 10.5 Å². The van der Waals surface area contributed by atoms with Gasteiger partial charge in [0.25, 0.3) is 0 Å². The first kappa shape index (κ1) is 23.7. The van der Waals surface area contributed by atoms with Crippen LogP contribution < -0.4 is 5.73 Å². The lowest BCUT2D eigenvalue weighted by molar-refractivity contribution is 0.0596. The van der Waals surface area contributed by atoms with Crippen LogP contribution in [0.2, 0.25) is 5.02 Å².